The summed E-state index contributed by atoms with van der Waals surface area (Å²) >= 11 is 0. The first-order chi connectivity index (χ1) is 7.42. The van der Waals surface area contributed by atoms with Crippen LogP contribution in [0.25, 0.3) is 0 Å². The Morgan fingerprint density at radius 2 is 2.27 bits per heavy atom. The van der Waals surface area contributed by atoms with E-state index in [1.165, 1.54) is 42.6 Å². The van der Waals surface area contributed by atoms with Gasteiger partial charge in [-0.3, -0.25) is 5.10 Å². The third-order valence-corrected chi connectivity index (χ3v) is 2.92. The molecule has 0 aromatic carbocycles. The van der Waals surface area contributed by atoms with E-state index in [0.29, 0.717) is 0 Å². The van der Waals surface area contributed by atoms with Crippen molar-refractivity contribution in [3.05, 3.63) is 17.0 Å². The van der Waals surface area contributed by atoms with Gasteiger partial charge in [-0.05, 0) is 31.2 Å². The molecule has 0 bridgehead atoms. The minimum atomic E-state index is 0.757. The van der Waals surface area contributed by atoms with Crippen LogP contribution >= 0.6 is 0 Å². The molecule has 1 aliphatic carbocycles. The van der Waals surface area contributed by atoms with Gasteiger partial charge in [-0.1, -0.05) is 0 Å². The highest BCUT2D eigenvalue weighted by molar-refractivity contribution is 5.27. The number of ether oxygens (including phenoxy) is 1. The van der Waals surface area contributed by atoms with E-state index in [-0.39, 0.29) is 0 Å². The first kappa shape index (κ1) is 10.6. The second-order valence-electron chi connectivity index (χ2n) is 4.00. The van der Waals surface area contributed by atoms with Crippen LogP contribution in [0.5, 0.6) is 0 Å². The molecule has 2 N–H and O–H groups in total. The lowest BCUT2D eigenvalue weighted by molar-refractivity contribution is 0.199. The molecule has 4 nitrogen and oxygen atoms in total. The van der Waals surface area contributed by atoms with Crippen LogP contribution in [0.2, 0.25) is 0 Å². The molecule has 0 saturated heterocycles. The van der Waals surface area contributed by atoms with Crippen LogP contribution in [0.4, 0.5) is 0 Å². The van der Waals surface area contributed by atoms with Gasteiger partial charge in [-0.2, -0.15) is 5.10 Å². The van der Waals surface area contributed by atoms with Gasteiger partial charge in [0, 0.05) is 25.9 Å². The first-order valence-electron chi connectivity index (χ1n) is 5.66. The van der Waals surface area contributed by atoms with Crippen molar-refractivity contribution in [2.24, 2.45) is 0 Å². The molecule has 1 aromatic heterocycles. The van der Waals surface area contributed by atoms with Gasteiger partial charge < -0.3 is 10.1 Å². The molecule has 15 heavy (non-hydrogen) atoms. The van der Waals surface area contributed by atoms with E-state index in [1.807, 2.05) is 0 Å². The van der Waals surface area contributed by atoms with E-state index in [2.05, 4.69) is 15.5 Å². The Kier molecular flexibility index (Phi) is 3.75. The maximum Gasteiger partial charge on any atom is 0.0794 e. The molecule has 1 aliphatic rings. The molecule has 0 fully saturated rings. The molecule has 0 radical (unpaired) electrons. The second kappa shape index (κ2) is 5.28. The molecule has 1 heterocycles. The summed E-state index contributed by atoms with van der Waals surface area (Å²) in [6, 6.07) is 0. The Balaban J connectivity index is 1.88. The average molecular weight is 209 g/mol. The molecule has 2 rings (SSSR count). The molecule has 4 heteroatoms. The molecule has 0 atom stereocenters. The number of methoxy groups -OCH3 is 1. The van der Waals surface area contributed by atoms with E-state index in [1.54, 1.807) is 7.11 Å². The average Bonchev–Trinajstić information content (AvgIpc) is 2.68. The molecular formula is C11H19N3O. The highest BCUT2D eigenvalue weighted by atomic mass is 16.5. The van der Waals surface area contributed by atoms with Crippen LogP contribution < -0.4 is 5.32 Å². The van der Waals surface area contributed by atoms with Gasteiger partial charge >= 0.3 is 0 Å². The van der Waals surface area contributed by atoms with Crippen molar-refractivity contribution in [1.29, 1.82) is 0 Å². The van der Waals surface area contributed by atoms with Crippen molar-refractivity contribution in [2.45, 2.75) is 32.2 Å². The topological polar surface area (TPSA) is 49.9 Å². The number of aromatic amines is 1. The van der Waals surface area contributed by atoms with Crippen molar-refractivity contribution >= 4 is 0 Å². The van der Waals surface area contributed by atoms with Gasteiger partial charge in [0.1, 0.15) is 0 Å². The number of fused-ring (bicyclic) bond motifs is 1. The number of hydrogen-bond acceptors (Lipinski definition) is 3. The van der Waals surface area contributed by atoms with Crippen LogP contribution in [0.3, 0.4) is 0 Å². The number of nitrogens with one attached hydrogen (secondary N) is 2. The Hall–Kier alpha value is -0.870. The summed E-state index contributed by atoms with van der Waals surface area (Å²) in [6.07, 6.45) is 4.96. The van der Waals surface area contributed by atoms with E-state index < -0.39 is 0 Å². The Morgan fingerprint density at radius 3 is 3.13 bits per heavy atom. The third-order valence-electron chi connectivity index (χ3n) is 2.92. The van der Waals surface area contributed by atoms with Gasteiger partial charge in [0.05, 0.1) is 12.3 Å². The van der Waals surface area contributed by atoms with Crippen LogP contribution in [-0.2, 0) is 24.1 Å². The number of H-pyrrole nitrogens is 1. The first-order valence-corrected chi connectivity index (χ1v) is 5.66. The third kappa shape index (κ3) is 2.58. The predicted molar refractivity (Wildman–Crippen MR) is 58.8 cm³/mol. The molecule has 0 amide bonds. The summed E-state index contributed by atoms with van der Waals surface area (Å²) in [5, 5.41) is 10.8. The van der Waals surface area contributed by atoms with Gasteiger partial charge in [0.15, 0.2) is 0 Å². The zero-order chi connectivity index (χ0) is 10.5. The standard InChI is InChI=1S/C11H19N3O/c1-15-7-6-12-8-11-9-4-2-3-5-10(9)13-14-11/h12H,2-8H2,1H3,(H,13,14). The number of aromatic nitrogens is 2. The summed E-state index contributed by atoms with van der Waals surface area (Å²) in [6.45, 7) is 2.50. The molecule has 1 aromatic rings. The van der Waals surface area contributed by atoms with Gasteiger partial charge in [0.2, 0.25) is 0 Å². The summed E-state index contributed by atoms with van der Waals surface area (Å²) < 4.78 is 4.98. The molecule has 0 spiro atoms. The number of nitrogens with zero attached hydrogens (tertiary/aromatic N) is 1. The molecule has 0 aliphatic heterocycles. The highest BCUT2D eigenvalue weighted by Gasteiger charge is 2.15. The van der Waals surface area contributed by atoms with Crippen LogP contribution in [0.15, 0.2) is 0 Å². The van der Waals surface area contributed by atoms with E-state index in [4.69, 9.17) is 4.74 Å². The minimum Gasteiger partial charge on any atom is -0.383 e. The van der Waals surface area contributed by atoms with E-state index >= 15 is 0 Å². The summed E-state index contributed by atoms with van der Waals surface area (Å²) in [7, 11) is 1.72. The quantitative estimate of drug-likeness (QED) is 0.712. The molecule has 0 unspecified atom stereocenters. The lowest BCUT2D eigenvalue weighted by atomic mass is 9.96. The normalized spacial score (nSPS) is 15.3. The zero-order valence-corrected chi connectivity index (χ0v) is 9.31. The second-order valence-corrected chi connectivity index (χ2v) is 4.00. The Morgan fingerprint density at radius 1 is 1.40 bits per heavy atom. The van der Waals surface area contributed by atoms with Crippen molar-refractivity contribution in [1.82, 2.24) is 15.5 Å². The number of aryl methyl sites for hydroxylation is 1. The Labute approximate surface area is 90.4 Å². The maximum atomic E-state index is 4.98. The van der Waals surface area contributed by atoms with Crippen LogP contribution in [0.1, 0.15) is 29.8 Å². The van der Waals surface area contributed by atoms with Crippen molar-refractivity contribution in [3.8, 4) is 0 Å². The molecule has 84 valence electrons. The largest absolute Gasteiger partial charge is 0.383 e. The fourth-order valence-corrected chi connectivity index (χ4v) is 2.08. The van der Waals surface area contributed by atoms with Gasteiger partial charge in [0.25, 0.3) is 0 Å². The summed E-state index contributed by atoms with van der Waals surface area (Å²) in [5.41, 5.74) is 4.00. The highest BCUT2D eigenvalue weighted by Crippen LogP contribution is 2.21. The number of rotatable bonds is 5. The molecule has 0 saturated carbocycles. The predicted octanol–water partition coefficient (Wildman–Crippen LogP) is 1.02. The van der Waals surface area contributed by atoms with E-state index in [0.717, 1.165) is 19.7 Å². The van der Waals surface area contributed by atoms with Crippen molar-refractivity contribution in [2.75, 3.05) is 20.3 Å². The van der Waals surface area contributed by atoms with Crippen LogP contribution in [0, 0.1) is 0 Å². The van der Waals surface area contributed by atoms with Crippen molar-refractivity contribution in [3.63, 3.8) is 0 Å². The molecular weight excluding hydrogens is 190 g/mol. The minimum absolute atomic E-state index is 0.757. The SMILES string of the molecule is COCCNCc1n[nH]c2c1CCCC2. The number of hydrogen-bond donors (Lipinski definition) is 2. The Bertz CT molecular complexity index is 309. The monoisotopic (exact) mass is 209 g/mol. The van der Waals surface area contributed by atoms with Gasteiger partial charge in [-0.25, -0.2) is 0 Å². The fraction of sp³-hybridized carbons (Fsp3) is 0.727. The van der Waals surface area contributed by atoms with Crippen molar-refractivity contribution < 1.29 is 4.74 Å². The fourth-order valence-electron chi connectivity index (χ4n) is 2.08. The zero-order valence-electron chi connectivity index (χ0n) is 9.31. The van der Waals surface area contributed by atoms with E-state index in [9.17, 15) is 0 Å². The summed E-state index contributed by atoms with van der Waals surface area (Å²) in [5.74, 6) is 0. The smallest absolute Gasteiger partial charge is 0.0794 e. The van der Waals surface area contributed by atoms with Gasteiger partial charge in [-0.15, -0.1) is 0 Å². The summed E-state index contributed by atoms with van der Waals surface area (Å²) in [4.78, 5) is 0. The lowest BCUT2D eigenvalue weighted by Gasteiger charge is -2.11. The van der Waals surface area contributed by atoms with Crippen LogP contribution in [-0.4, -0.2) is 30.5 Å². The lowest BCUT2D eigenvalue weighted by Crippen LogP contribution is -2.19. The maximum absolute atomic E-state index is 4.98.